The molecule has 0 atom stereocenters. The summed E-state index contributed by atoms with van der Waals surface area (Å²) in [5.41, 5.74) is 4.08. The zero-order chi connectivity index (χ0) is 15.5. The number of hydrogen-bond acceptors (Lipinski definition) is 1. The molecular weight excluding hydrogens is 266 g/mol. The lowest BCUT2D eigenvalue weighted by Gasteiger charge is -2.05. The second-order valence-corrected chi connectivity index (χ2v) is 6.16. The molecule has 1 heteroatoms. The molecule has 0 fully saturated rings. The van der Waals surface area contributed by atoms with Crippen LogP contribution in [0.25, 0.3) is 0 Å². The number of nitrogens with zero attached hydrogens (tertiary/aromatic N) is 1. The SMILES string of the molecule is CCCCCCCCc1ccc(CCc2ccccn2)cc1. The highest BCUT2D eigenvalue weighted by Crippen LogP contribution is 2.12. The summed E-state index contributed by atoms with van der Waals surface area (Å²) in [6.45, 7) is 2.27. The fourth-order valence-corrected chi connectivity index (χ4v) is 2.80. The van der Waals surface area contributed by atoms with Crippen LogP contribution in [-0.2, 0) is 19.3 Å². The predicted molar refractivity (Wildman–Crippen MR) is 95.2 cm³/mol. The third-order valence-electron chi connectivity index (χ3n) is 4.24. The summed E-state index contributed by atoms with van der Waals surface area (Å²) in [4.78, 5) is 4.38. The average molecular weight is 295 g/mol. The summed E-state index contributed by atoms with van der Waals surface area (Å²) < 4.78 is 0. The Morgan fingerprint density at radius 1 is 0.682 bits per heavy atom. The van der Waals surface area contributed by atoms with Crippen LogP contribution in [0, 0.1) is 0 Å². The van der Waals surface area contributed by atoms with E-state index in [4.69, 9.17) is 0 Å². The molecule has 1 aromatic carbocycles. The molecule has 0 amide bonds. The van der Waals surface area contributed by atoms with Gasteiger partial charge in [0.05, 0.1) is 0 Å². The van der Waals surface area contributed by atoms with Crippen molar-refractivity contribution in [2.24, 2.45) is 0 Å². The Hall–Kier alpha value is -1.63. The van der Waals surface area contributed by atoms with Crippen LogP contribution in [0.4, 0.5) is 0 Å². The minimum atomic E-state index is 1.03. The Balaban J connectivity index is 1.67. The van der Waals surface area contributed by atoms with E-state index in [0.29, 0.717) is 0 Å². The van der Waals surface area contributed by atoms with Crippen molar-refractivity contribution in [2.45, 2.75) is 64.7 Å². The molecule has 1 nitrogen and oxygen atoms in total. The van der Waals surface area contributed by atoms with Gasteiger partial charge in [0.25, 0.3) is 0 Å². The lowest BCUT2D eigenvalue weighted by atomic mass is 10.0. The Morgan fingerprint density at radius 2 is 1.36 bits per heavy atom. The van der Waals surface area contributed by atoms with Crippen molar-refractivity contribution in [3.8, 4) is 0 Å². The number of unbranched alkanes of at least 4 members (excludes halogenated alkanes) is 5. The molecule has 0 unspecified atom stereocenters. The molecule has 0 aliphatic carbocycles. The van der Waals surface area contributed by atoms with Crippen molar-refractivity contribution < 1.29 is 0 Å². The first-order valence-corrected chi connectivity index (χ1v) is 8.86. The van der Waals surface area contributed by atoms with E-state index >= 15 is 0 Å². The highest BCUT2D eigenvalue weighted by atomic mass is 14.7. The summed E-state index contributed by atoms with van der Waals surface area (Å²) in [5.74, 6) is 0. The quantitative estimate of drug-likeness (QED) is 0.507. The molecule has 22 heavy (non-hydrogen) atoms. The zero-order valence-corrected chi connectivity index (χ0v) is 13.9. The van der Waals surface area contributed by atoms with E-state index < -0.39 is 0 Å². The van der Waals surface area contributed by atoms with E-state index in [1.54, 1.807) is 0 Å². The van der Waals surface area contributed by atoms with Crippen LogP contribution in [0.3, 0.4) is 0 Å². The first kappa shape index (κ1) is 16.7. The lowest BCUT2D eigenvalue weighted by Crippen LogP contribution is -1.94. The van der Waals surface area contributed by atoms with Crippen molar-refractivity contribution in [3.63, 3.8) is 0 Å². The van der Waals surface area contributed by atoms with Gasteiger partial charge in [-0.05, 0) is 48.9 Å². The maximum atomic E-state index is 4.38. The van der Waals surface area contributed by atoms with Crippen molar-refractivity contribution in [1.29, 1.82) is 0 Å². The van der Waals surface area contributed by atoms with Crippen LogP contribution >= 0.6 is 0 Å². The van der Waals surface area contributed by atoms with Crippen molar-refractivity contribution >= 4 is 0 Å². The molecule has 2 rings (SSSR count). The highest BCUT2D eigenvalue weighted by molar-refractivity contribution is 5.23. The monoisotopic (exact) mass is 295 g/mol. The smallest absolute Gasteiger partial charge is 0.0406 e. The number of aromatic nitrogens is 1. The molecular formula is C21H29N. The second kappa shape index (κ2) is 10.2. The number of pyridine rings is 1. The van der Waals surface area contributed by atoms with E-state index in [0.717, 1.165) is 12.8 Å². The first-order valence-electron chi connectivity index (χ1n) is 8.86. The summed E-state index contributed by atoms with van der Waals surface area (Å²) in [7, 11) is 0. The summed E-state index contributed by atoms with van der Waals surface area (Å²) in [5, 5.41) is 0. The van der Waals surface area contributed by atoms with E-state index in [1.165, 1.54) is 61.8 Å². The molecule has 0 bridgehead atoms. The molecule has 0 spiro atoms. The van der Waals surface area contributed by atoms with Gasteiger partial charge < -0.3 is 0 Å². The molecule has 0 aliphatic rings. The zero-order valence-electron chi connectivity index (χ0n) is 13.9. The Bertz CT molecular complexity index is 501. The first-order chi connectivity index (χ1) is 10.9. The topological polar surface area (TPSA) is 12.9 Å². The van der Waals surface area contributed by atoms with Crippen LogP contribution in [0.2, 0.25) is 0 Å². The van der Waals surface area contributed by atoms with Gasteiger partial charge >= 0.3 is 0 Å². The van der Waals surface area contributed by atoms with E-state index in [9.17, 15) is 0 Å². The average Bonchev–Trinajstić information content (AvgIpc) is 2.58. The van der Waals surface area contributed by atoms with E-state index in [1.807, 2.05) is 12.3 Å². The molecule has 118 valence electrons. The van der Waals surface area contributed by atoms with Crippen LogP contribution in [0.5, 0.6) is 0 Å². The van der Waals surface area contributed by atoms with Crippen LogP contribution in [-0.4, -0.2) is 4.98 Å². The molecule has 0 N–H and O–H groups in total. The second-order valence-electron chi connectivity index (χ2n) is 6.16. The Labute approximate surface area is 135 Å². The van der Waals surface area contributed by atoms with E-state index in [-0.39, 0.29) is 0 Å². The number of aryl methyl sites for hydroxylation is 3. The van der Waals surface area contributed by atoms with Crippen molar-refractivity contribution in [3.05, 3.63) is 65.5 Å². The minimum Gasteiger partial charge on any atom is -0.261 e. The highest BCUT2D eigenvalue weighted by Gasteiger charge is 1.98. The third kappa shape index (κ3) is 6.43. The molecule has 0 saturated heterocycles. The fourth-order valence-electron chi connectivity index (χ4n) is 2.80. The van der Waals surface area contributed by atoms with Crippen molar-refractivity contribution in [1.82, 2.24) is 4.98 Å². The van der Waals surface area contributed by atoms with Gasteiger partial charge in [-0.3, -0.25) is 4.98 Å². The molecule has 1 aromatic heterocycles. The summed E-state index contributed by atoms with van der Waals surface area (Å²) >= 11 is 0. The van der Waals surface area contributed by atoms with E-state index in [2.05, 4.69) is 48.3 Å². The van der Waals surface area contributed by atoms with Crippen LogP contribution in [0.15, 0.2) is 48.7 Å². The fraction of sp³-hybridized carbons (Fsp3) is 0.476. The standard InChI is InChI=1S/C21H29N/c1-2-3-4-5-6-7-10-19-12-14-20(15-13-19)16-17-21-11-8-9-18-22-21/h8-9,11-15,18H,2-7,10,16-17H2,1H3. The lowest BCUT2D eigenvalue weighted by molar-refractivity contribution is 0.607. The summed E-state index contributed by atoms with van der Waals surface area (Å²) in [6, 6.07) is 15.3. The minimum absolute atomic E-state index is 1.03. The van der Waals surface area contributed by atoms with Gasteiger partial charge in [-0.2, -0.15) is 0 Å². The maximum absolute atomic E-state index is 4.38. The maximum Gasteiger partial charge on any atom is 0.0406 e. The van der Waals surface area contributed by atoms with Gasteiger partial charge in [-0.15, -0.1) is 0 Å². The normalized spacial score (nSPS) is 10.8. The molecule has 0 aliphatic heterocycles. The Morgan fingerprint density at radius 3 is 2.05 bits per heavy atom. The van der Waals surface area contributed by atoms with Crippen LogP contribution < -0.4 is 0 Å². The molecule has 0 saturated carbocycles. The number of rotatable bonds is 10. The van der Waals surface area contributed by atoms with Gasteiger partial charge in [0, 0.05) is 11.9 Å². The Kier molecular flexibility index (Phi) is 7.73. The largest absolute Gasteiger partial charge is 0.261 e. The van der Waals surface area contributed by atoms with Gasteiger partial charge in [0.2, 0.25) is 0 Å². The van der Waals surface area contributed by atoms with Gasteiger partial charge in [-0.1, -0.05) is 69.4 Å². The summed E-state index contributed by atoms with van der Waals surface area (Å²) in [6.07, 6.45) is 13.4. The van der Waals surface area contributed by atoms with Gasteiger partial charge in [0.1, 0.15) is 0 Å². The number of benzene rings is 1. The van der Waals surface area contributed by atoms with Crippen molar-refractivity contribution in [2.75, 3.05) is 0 Å². The van der Waals surface area contributed by atoms with Crippen LogP contribution in [0.1, 0.15) is 62.3 Å². The van der Waals surface area contributed by atoms with Gasteiger partial charge in [0.15, 0.2) is 0 Å². The molecule has 0 radical (unpaired) electrons. The molecule has 1 heterocycles. The third-order valence-corrected chi connectivity index (χ3v) is 4.24. The predicted octanol–water partition coefficient (Wildman–Crippen LogP) is 5.77. The molecule has 2 aromatic rings. The van der Waals surface area contributed by atoms with Gasteiger partial charge in [-0.25, -0.2) is 0 Å². The number of hydrogen-bond donors (Lipinski definition) is 0.